The molecule has 0 spiro atoms. The number of hydrogen-bond acceptors (Lipinski definition) is 9. The van der Waals surface area contributed by atoms with Crippen molar-refractivity contribution in [2.24, 2.45) is 10.9 Å². The number of aliphatic imine (C=N–C) groups is 1. The number of nitrogens with zero attached hydrogens (tertiary/aromatic N) is 2. The summed E-state index contributed by atoms with van der Waals surface area (Å²) >= 11 is 6.19. The van der Waals surface area contributed by atoms with E-state index in [0.717, 1.165) is 23.8 Å². The molecule has 0 saturated heterocycles. The van der Waals surface area contributed by atoms with E-state index in [4.69, 9.17) is 36.8 Å². The maximum atomic E-state index is 13.7. The number of carboxylic acids is 2. The van der Waals surface area contributed by atoms with Crippen molar-refractivity contribution in [2.45, 2.75) is 46.1 Å². The van der Waals surface area contributed by atoms with Crippen molar-refractivity contribution in [2.75, 3.05) is 32.5 Å². The van der Waals surface area contributed by atoms with Crippen molar-refractivity contribution in [1.82, 2.24) is 15.7 Å². The standard InChI is InChI=1S/C27H34ClN5O6.C2H4O2/c1-4-6-22(16-7-9-20(26(35)36)21(29)13-16)31-27(37)33-15-24(32-39-5-2)30-14-18(25(33)34)11-17-12-19(28)8-10-23(17)38-3;1-2(3)4/h7-10,12-13,18,22H,4-6,11,14-15,29H2,1-3H3,(H,30,32)(H,31,37)(H,35,36);1H3,(H,3,4)/t18-,22+;/m0./s1. The lowest BCUT2D eigenvalue weighted by Gasteiger charge is -2.27. The zero-order valence-corrected chi connectivity index (χ0v) is 25.3. The van der Waals surface area contributed by atoms with Crippen molar-refractivity contribution in [3.8, 4) is 5.75 Å². The van der Waals surface area contributed by atoms with Gasteiger partial charge in [0.1, 0.15) is 11.6 Å². The van der Waals surface area contributed by atoms with Crippen LogP contribution in [0.15, 0.2) is 41.4 Å². The second kappa shape index (κ2) is 16.9. The molecule has 0 aliphatic carbocycles. The van der Waals surface area contributed by atoms with E-state index in [1.54, 1.807) is 31.2 Å². The number of methoxy groups -OCH3 is 1. The third-order valence-corrected chi connectivity index (χ3v) is 6.53. The van der Waals surface area contributed by atoms with Gasteiger partial charge in [0.15, 0.2) is 0 Å². The summed E-state index contributed by atoms with van der Waals surface area (Å²) in [6.07, 6.45) is 1.51. The average Bonchev–Trinajstić information content (AvgIpc) is 3.09. The lowest BCUT2D eigenvalue weighted by atomic mass is 9.97. The molecule has 1 aliphatic rings. The predicted molar refractivity (Wildman–Crippen MR) is 161 cm³/mol. The summed E-state index contributed by atoms with van der Waals surface area (Å²) in [7, 11) is 1.54. The number of urea groups is 1. The van der Waals surface area contributed by atoms with Crippen LogP contribution in [-0.2, 0) is 20.8 Å². The number of nitrogens with two attached hydrogens (primary N) is 1. The molecule has 0 unspecified atom stereocenters. The Labute approximate surface area is 255 Å². The van der Waals surface area contributed by atoms with Crippen LogP contribution in [0.4, 0.5) is 10.5 Å². The van der Waals surface area contributed by atoms with Gasteiger partial charge in [-0.3, -0.25) is 29.8 Å². The van der Waals surface area contributed by atoms with E-state index in [1.807, 2.05) is 6.92 Å². The highest BCUT2D eigenvalue weighted by atomic mass is 35.5. The number of nitrogens with one attached hydrogen (secondary N) is 2. The van der Waals surface area contributed by atoms with Crippen LogP contribution in [0.2, 0.25) is 5.02 Å². The van der Waals surface area contributed by atoms with Crippen LogP contribution in [0.5, 0.6) is 5.75 Å². The van der Waals surface area contributed by atoms with Gasteiger partial charge in [0.05, 0.1) is 44.3 Å². The number of carboxylic acid groups (broad SMARTS) is 2. The number of rotatable bonds is 10. The van der Waals surface area contributed by atoms with E-state index < -0.39 is 35.8 Å². The van der Waals surface area contributed by atoms with Crippen LogP contribution < -0.4 is 21.3 Å². The fourth-order valence-electron chi connectivity index (χ4n) is 4.34. The van der Waals surface area contributed by atoms with Gasteiger partial charge in [-0.05, 0) is 61.2 Å². The van der Waals surface area contributed by atoms with Crippen molar-refractivity contribution >= 4 is 47.0 Å². The molecule has 13 nitrogen and oxygen atoms in total. The van der Waals surface area contributed by atoms with Crippen LogP contribution >= 0.6 is 11.6 Å². The average molecular weight is 620 g/mol. The maximum Gasteiger partial charge on any atom is 0.337 e. The second-order valence-corrected chi connectivity index (χ2v) is 10.0. The number of amides is 3. The number of anilines is 1. The van der Waals surface area contributed by atoms with Gasteiger partial charge in [-0.15, -0.1) is 0 Å². The number of imide groups is 1. The minimum atomic E-state index is -1.14. The third-order valence-electron chi connectivity index (χ3n) is 6.30. The molecule has 43 heavy (non-hydrogen) atoms. The third kappa shape index (κ3) is 10.5. The summed E-state index contributed by atoms with van der Waals surface area (Å²) < 4.78 is 5.44. The molecule has 2 atom stereocenters. The Kier molecular flexibility index (Phi) is 13.7. The molecule has 1 heterocycles. The predicted octanol–water partition coefficient (Wildman–Crippen LogP) is 3.91. The minimum absolute atomic E-state index is 0.0230. The molecule has 14 heteroatoms. The van der Waals surface area contributed by atoms with Crippen molar-refractivity contribution in [1.29, 1.82) is 0 Å². The number of aliphatic carboxylic acids is 1. The molecule has 0 radical (unpaired) electrons. The first-order chi connectivity index (χ1) is 20.4. The number of ether oxygens (including phenoxy) is 1. The first kappa shape index (κ1) is 34.8. The second-order valence-electron chi connectivity index (χ2n) is 9.57. The van der Waals surface area contributed by atoms with Gasteiger partial charge in [0.25, 0.3) is 5.97 Å². The number of aromatic carboxylic acids is 1. The van der Waals surface area contributed by atoms with E-state index in [-0.39, 0.29) is 30.8 Å². The van der Waals surface area contributed by atoms with Crippen LogP contribution in [0.25, 0.3) is 0 Å². The van der Waals surface area contributed by atoms with E-state index in [1.165, 1.54) is 19.2 Å². The summed E-state index contributed by atoms with van der Waals surface area (Å²) in [5.41, 5.74) is 10.1. The molecule has 0 saturated carbocycles. The number of hydroxylamine groups is 1. The number of carbonyl (C=O) groups excluding carboxylic acids is 2. The molecular weight excluding hydrogens is 582 g/mol. The zero-order valence-electron chi connectivity index (χ0n) is 24.6. The molecule has 3 rings (SSSR count). The lowest BCUT2D eigenvalue weighted by Crippen LogP contribution is -2.50. The molecule has 0 aromatic heterocycles. The Hall–Kier alpha value is -4.36. The first-order valence-electron chi connectivity index (χ1n) is 13.6. The Morgan fingerprint density at radius 3 is 2.47 bits per heavy atom. The maximum absolute atomic E-state index is 13.7. The van der Waals surface area contributed by atoms with Gasteiger partial charge in [-0.2, -0.15) is 0 Å². The number of carbonyl (C=O) groups is 4. The van der Waals surface area contributed by atoms with Gasteiger partial charge >= 0.3 is 12.0 Å². The van der Waals surface area contributed by atoms with Crippen LogP contribution in [-0.4, -0.2) is 71.6 Å². The van der Waals surface area contributed by atoms with Crippen molar-refractivity contribution in [3.05, 3.63) is 58.1 Å². The monoisotopic (exact) mass is 619 g/mol. The SMILES string of the molecule is CC(=O)O.CCC[C@@H](NC(=O)N1CC(NOCC)=NC[C@H](Cc2cc(Cl)ccc2OC)C1=O)c1ccc(C(=O)O)c(N)c1. The molecule has 2 aromatic rings. The van der Waals surface area contributed by atoms with E-state index in [9.17, 15) is 19.5 Å². The van der Waals surface area contributed by atoms with Gasteiger partial charge in [-0.1, -0.05) is 31.0 Å². The zero-order chi connectivity index (χ0) is 32.1. The van der Waals surface area contributed by atoms with E-state index >= 15 is 0 Å². The largest absolute Gasteiger partial charge is 0.496 e. The Balaban J connectivity index is 0.00000151. The number of hydrogen-bond donors (Lipinski definition) is 5. The van der Waals surface area contributed by atoms with E-state index in [0.29, 0.717) is 35.2 Å². The Morgan fingerprint density at radius 2 is 1.88 bits per heavy atom. The number of amidine groups is 1. The molecule has 3 amide bonds. The highest BCUT2D eigenvalue weighted by molar-refractivity contribution is 6.30. The summed E-state index contributed by atoms with van der Waals surface area (Å²) in [6.45, 7) is 5.20. The van der Waals surface area contributed by atoms with Gasteiger partial charge in [0.2, 0.25) is 5.91 Å². The number of nitrogen functional groups attached to an aromatic ring is 1. The fraction of sp³-hybridized carbons (Fsp3) is 0.414. The summed E-state index contributed by atoms with van der Waals surface area (Å²) in [4.78, 5) is 58.5. The number of halogens is 1. The van der Waals surface area contributed by atoms with Crippen molar-refractivity contribution < 1.29 is 39.0 Å². The van der Waals surface area contributed by atoms with Crippen molar-refractivity contribution in [3.63, 3.8) is 0 Å². The summed E-state index contributed by atoms with van der Waals surface area (Å²) in [5, 5.41) is 20.1. The molecule has 1 aliphatic heterocycles. The highest BCUT2D eigenvalue weighted by Crippen LogP contribution is 2.28. The van der Waals surface area contributed by atoms with Gasteiger partial charge < -0.3 is 26.0 Å². The molecule has 0 fully saturated rings. The van der Waals surface area contributed by atoms with Crippen LogP contribution in [0, 0.1) is 5.92 Å². The summed E-state index contributed by atoms with van der Waals surface area (Å²) in [5.74, 6) is -2.14. The molecule has 0 bridgehead atoms. The Bertz CT molecular complexity index is 1330. The molecule has 234 valence electrons. The highest BCUT2D eigenvalue weighted by Gasteiger charge is 2.34. The Morgan fingerprint density at radius 1 is 1.19 bits per heavy atom. The van der Waals surface area contributed by atoms with Gasteiger partial charge in [0, 0.05) is 17.6 Å². The van der Waals surface area contributed by atoms with Crippen LogP contribution in [0.3, 0.4) is 0 Å². The number of benzene rings is 2. The quantitative estimate of drug-likeness (QED) is 0.192. The smallest absolute Gasteiger partial charge is 0.337 e. The molecule has 6 N–H and O–H groups in total. The first-order valence-corrected chi connectivity index (χ1v) is 14.0. The minimum Gasteiger partial charge on any atom is -0.496 e. The summed E-state index contributed by atoms with van der Waals surface area (Å²) in [6, 6.07) is 8.59. The fourth-order valence-corrected chi connectivity index (χ4v) is 4.54. The topological polar surface area (TPSA) is 193 Å². The normalized spacial score (nSPS) is 15.3. The lowest BCUT2D eigenvalue weighted by molar-refractivity contribution is -0.134. The molecule has 2 aromatic carbocycles. The van der Waals surface area contributed by atoms with Crippen LogP contribution in [0.1, 0.15) is 61.1 Å². The van der Waals surface area contributed by atoms with Gasteiger partial charge in [-0.25, -0.2) is 9.59 Å². The van der Waals surface area contributed by atoms with E-state index in [2.05, 4.69) is 15.8 Å². The molecular formula is C29H38ClN5O8.